The largest absolute Gasteiger partial charge is 0.477 e. The van der Waals surface area contributed by atoms with Gasteiger partial charge in [-0.05, 0) is 19.1 Å². The number of hydrogen-bond acceptors (Lipinski definition) is 11. The maximum absolute atomic E-state index is 13.2. The number of aliphatic hydroxyl groups is 1. The van der Waals surface area contributed by atoms with Gasteiger partial charge in [-0.15, -0.1) is 34.9 Å². The molecule has 13 nitrogen and oxygen atoms in total. The number of aliphatic hydroxyl groups excluding tert-OH is 1. The van der Waals surface area contributed by atoms with Crippen molar-refractivity contribution in [2.45, 2.75) is 29.9 Å². The van der Waals surface area contributed by atoms with E-state index in [4.69, 9.17) is 15.7 Å². The van der Waals surface area contributed by atoms with Gasteiger partial charge in [0, 0.05) is 22.5 Å². The van der Waals surface area contributed by atoms with E-state index in [1.165, 1.54) is 28.4 Å². The second-order valence-corrected chi connectivity index (χ2v) is 11.8. The summed E-state index contributed by atoms with van der Waals surface area (Å²) in [5.41, 5.74) is 7.22. The molecule has 1 fully saturated rings. The van der Waals surface area contributed by atoms with Crippen LogP contribution in [0.1, 0.15) is 12.6 Å². The number of carboxylic acid groups (broad SMARTS) is 1. The molecule has 0 unspecified atom stereocenters. The van der Waals surface area contributed by atoms with E-state index >= 15 is 0 Å². The number of thioether (sulfide) groups is 2. The van der Waals surface area contributed by atoms with E-state index in [9.17, 15) is 19.5 Å². The normalized spacial score (nSPS) is 19.0. The number of aliphatic carboxylic acids is 1. The Bertz CT molecular complexity index is 1530. The highest BCUT2D eigenvalue weighted by Gasteiger charge is 2.54. The molecule has 0 aliphatic carbocycles. The molecule has 0 saturated carbocycles. The lowest BCUT2D eigenvalue weighted by atomic mass is 10.0. The Kier molecular flexibility index (Phi) is 8.30. The summed E-state index contributed by atoms with van der Waals surface area (Å²) >= 11 is 4.05. The molecule has 3 aromatic heterocycles. The van der Waals surface area contributed by atoms with Crippen molar-refractivity contribution in [2.75, 3.05) is 30.5 Å². The molecule has 0 spiro atoms. The van der Waals surface area contributed by atoms with Crippen LogP contribution in [-0.4, -0.2) is 84.1 Å². The standard InChI is InChI=1S/C24H25N7O6S3/c1-2-37-28-17(15-12-40-24(25)26-15)20(33)27-18-21(34)31-19(23(35)36)13(11-39-22(18)31)9-29-5-6-30-14(10-29)3-4-16(30)38-8-7-32/h3-6,10,12,18,22,32H,2,7-9,11H2,1H3,(H3-,25,26,27,33,35,36)/p+1/t18-,22+/m1/s1. The number of carbonyl (C=O) groups is 3. The zero-order valence-corrected chi connectivity index (χ0v) is 23.7. The number of hydrogen-bond donors (Lipinski definition) is 4. The molecule has 0 aromatic carbocycles. The zero-order valence-electron chi connectivity index (χ0n) is 21.2. The number of carbonyl (C=O) groups excluding carboxylic acids is 2. The minimum Gasteiger partial charge on any atom is -0.477 e. The van der Waals surface area contributed by atoms with Crippen molar-refractivity contribution in [3.63, 3.8) is 0 Å². The van der Waals surface area contributed by atoms with E-state index in [1.54, 1.807) is 12.3 Å². The Labute approximate surface area is 240 Å². The number of oxime groups is 1. The van der Waals surface area contributed by atoms with Crippen LogP contribution >= 0.6 is 34.9 Å². The van der Waals surface area contributed by atoms with Gasteiger partial charge in [0.25, 0.3) is 11.8 Å². The van der Waals surface area contributed by atoms with Crippen molar-refractivity contribution in [1.82, 2.24) is 19.6 Å². The van der Waals surface area contributed by atoms with Crippen LogP contribution in [0, 0.1) is 0 Å². The van der Waals surface area contributed by atoms with E-state index < -0.39 is 29.2 Å². The molecular weight excluding hydrogens is 579 g/mol. The van der Waals surface area contributed by atoms with Crippen LogP contribution in [0.25, 0.3) is 5.52 Å². The maximum Gasteiger partial charge on any atom is 0.352 e. The van der Waals surface area contributed by atoms with Crippen LogP contribution in [0.5, 0.6) is 0 Å². The molecule has 210 valence electrons. The molecule has 3 aromatic rings. The maximum atomic E-state index is 13.2. The first-order valence-electron chi connectivity index (χ1n) is 12.2. The van der Waals surface area contributed by atoms with E-state index in [0.29, 0.717) is 17.1 Å². The fourth-order valence-electron chi connectivity index (χ4n) is 4.41. The first-order chi connectivity index (χ1) is 19.3. The average Bonchev–Trinajstić information content (AvgIpc) is 3.55. The minimum atomic E-state index is -1.21. The summed E-state index contributed by atoms with van der Waals surface area (Å²) in [7, 11) is 0. The van der Waals surface area contributed by atoms with Crippen LogP contribution in [0.15, 0.2) is 57.6 Å². The Morgan fingerprint density at radius 1 is 1.40 bits per heavy atom. The third-order valence-electron chi connectivity index (χ3n) is 6.13. The van der Waals surface area contributed by atoms with Gasteiger partial charge in [-0.3, -0.25) is 14.5 Å². The van der Waals surface area contributed by atoms with Gasteiger partial charge in [-0.2, -0.15) is 4.57 Å². The zero-order chi connectivity index (χ0) is 28.4. The summed E-state index contributed by atoms with van der Waals surface area (Å²) in [6.07, 6.45) is 5.62. The SMILES string of the molecule is CCON=C(C(=O)N[C@@H]1C(=O)N2C(C(=O)O)=C(C[n+]3ccn4c(SCCO)ccc4c3)CS[C@@H]12)c1csc(N)n1. The topological polar surface area (TPSA) is 176 Å². The molecule has 2 aliphatic heterocycles. The molecule has 16 heteroatoms. The molecule has 5 heterocycles. The number of fused-ring (bicyclic) bond motifs is 2. The molecule has 1 saturated heterocycles. The number of nitrogens with two attached hydrogens (primary N) is 1. The third-order valence-corrected chi connectivity index (χ3v) is 9.16. The highest BCUT2D eigenvalue weighted by atomic mass is 32.2. The minimum absolute atomic E-state index is 0.0725. The number of nitrogens with one attached hydrogen (secondary N) is 1. The number of anilines is 1. The van der Waals surface area contributed by atoms with Crippen molar-refractivity contribution in [3.05, 3.63) is 53.1 Å². The van der Waals surface area contributed by atoms with Crippen molar-refractivity contribution < 1.29 is 34.0 Å². The lowest BCUT2D eigenvalue weighted by Crippen LogP contribution is -2.71. The lowest BCUT2D eigenvalue weighted by Gasteiger charge is -2.49. The summed E-state index contributed by atoms with van der Waals surface area (Å²) in [6.45, 7) is 2.29. The predicted octanol–water partition coefficient (Wildman–Crippen LogP) is 0.529. The lowest BCUT2D eigenvalue weighted by molar-refractivity contribution is -0.688. The molecule has 2 aliphatic rings. The molecular formula is C24H26N7O6S3+. The number of β-lactam (4-membered cyclic amide) rings is 1. The molecule has 0 radical (unpaired) electrons. The Balaban J connectivity index is 1.33. The second-order valence-electron chi connectivity index (χ2n) is 8.68. The van der Waals surface area contributed by atoms with Crippen molar-refractivity contribution in [3.8, 4) is 0 Å². The van der Waals surface area contributed by atoms with Crippen LogP contribution in [0.4, 0.5) is 5.13 Å². The van der Waals surface area contributed by atoms with Crippen molar-refractivity contribution >= 4 is 69.0 Å². The summed E-state index contributed by atoms with van der Waals surface area (Å²) in [4.78, 5) is 48.9. The van der Waals surface area contributed by atoms with Crippen molar-refractivity contribution in [2.24, 2.45) is 5.16 Å². The summed E-state index contributed by atoms with van der Waals surface area (Å²) in [5, 5.41) is 27.9. The Morgan fingerprint density at radius 3 is 2.92 bits per heavy atom. The van der Waals surface area contributed by atoms with E-state index in [1.807, 2.05) is 39.7 Å². The summed E-state index contributed by atoms with van der Waals surface area (Å²) in [5.74, 6) is -1.45. The highest BCUT2D eigenvalue weighted by molar-refractivity contribution is 8.00. The molecule has 0 bridgehead atoms. The van der Waals surface area contributed by atoms with Crippen LogP contribution in [0.2, 0.25) is 0 Å². The van der Waals surface area contributed by atoms with E-state index in [0.717, 1.165) is 21.9 Å². The summed E-state index contributed by atoms with van der Waals surface area (Å²) < 4.78 is 3.86. The molecule has 5 N–H and O–H groups in total. The number of nitrogens with zero attached hydrogens (tertiary/aromatic N) is 5. The number of nitrogen functional groups attached to an aromatic ring is 1. The number of carboxylic acids is 1. The van der Waals surface area contributed by atoms with Gasteiger partial charge >= 0.3 is 5.97 Å². The Hall–Kier alpha value is -3.60. The van der Waals surface area contributed by atoms with Gasteiger partial charge in [0.15, 0.2) is 29.8 Å². The molecule has 40 heavy (non-hydrogen) atoms. The van der Waals surface area contributed by atoms with Gasteiger partial charge < -0.3 is 30.5 Å². The van der Waals surface area contributed by atoms with Gasteiger partial charge in [0.1, 0.15) is 34.9 Å². The third kappa shape index (κ3) is 5.39. The fraction of sp³-hybridized carbons (Fsp3) is 0.333. The first kappa shape index (κ1) is 27.9. The van der Waals surface area contributed by atoms with Gasteiger partial charge in [-0.25, -0.2) is 9.78 Å². The van der Waals surface area contributed by atoms with Crippen LogP contribution < -0.4 is 15.6 Å². The second kappa shape index (κ2) is 11.9. The number of amides is 2. The average molecular weight is 605 g/mol. The number of rotatable bonds is 11. The van der Waals surface area contributed by atoms with Crippen LogP contribution in [0.3, 0.4) is 0 Å². The highest BCUT2D eigenvalue weighted by Crippen LogP contribution is 2.40. The first-order valence-corrected chi connectivity index (χ1v) is 15.1. The van der Waals surface area contributed by atoms with Gasteiger partial charge in [0.05, 0.1) is 17.8 Å². The smallest absolute Gasteiger partial charge is 0.352 e. The molecule has 2 amide bonds. The van der Waals surface area contributed by atoms with Crippen LogP contribution in [-0.2, 0) is 25.8 Å². The predicted molar refractivity (Wildman–Crippen MR) is 150 cm³/mol. The molecule has 2 atom stereocenters. The Morgan fingerprint density at radius 2 is 2.23 bits per heavy atom. The molecule has 5 rings (SSSR count). The van der Waals surface area contributed by atoms with Gasteiger partial charge in [-0.1, -0.05) is 5.16 Å². The van der Waals surface area contributed by atoms with E-state index in [2.05, 4.69) is 15.5 Å². The summed E-state index contributed by atoms with van der Waals surface area (Å²) in [6, 6.07) is 2.98. The quantitative estimate of drug-likeness (QED) is 0.0794. The monoisotopic (exact) mass is 604 g/mol. The number of thiazole rings is 1. The number of aromatic nitrogens is 3. The van der Waals surface area contributed by atoms with Gasteiger partial charge in [0.2, 0.25) is 0 Å². The van der Waals surface area contributed by atoms with Crippen molar-refractivity contribution in [1.29, 1.82) is 0 Å². The van der Waals surface area contributed by atoms with E-state index in [-0.39, 0.29) is 42.0 Å². The fourth-order valence-corrected chi connectivity index (χ4v) is 7.06.